The van der Waals surface area contributed by atoms with Crippen molar-refractivity contribution in [2.75, 3.05) is 0 Å². The van der Waals surface area contributed by atoms with Gasteiger partial charge in [-0.1, -0.05) is 40.0 Å². The average molecular weight is 373 g/mol. The largest absolute Gasteiger partial charge is 0.294 e. The number of hydrogen-bond acceptors (Lipinski definition) is 3. The third kappa shape index (κ3) is 5.60. The highest BCUT2D eigenvalue weighted by Crippen LogP contribution is 2.33. The smallest absolute Gasteiger partial charge is 0.160 e. The van der Waals surface area contributed by atoms with Gasteiger partial charge in [-0.2, -0.15) is 0 Å². The molecule has 0 heterocycles. The third-order valence-electron chi connectivity index (χ3n) is 5.22. The van der Waals surface area contributed by atoms with Crippen LogP contribution < -0.4 is 0 Å². The fraction of sp³-hybridized carbons (Fsp3) is 0.625. The molecule has 0 saturated heterocycles. The van der Waals surface area contributed by atoms with Crippen LogP contribution in [0.3, 0.4) is 0 Å². The van der Waals surface area contributed by atoms with Crippen LogP contribution in [-0.4, -0.2) is 17.3 Å². The summed E-state index contributed by atoms with van der Waals surface area (Å²) in [5, 5.41) is 0. The lowest BCUT2D eigenvalue weighted by Crippen LogP contribution is -2.20. The van der Waals surface area contributed by atoms with Gasteiger partial charge in [0.2, 0.25) is 0 Å². The van der Waals surface area contributed by atoms with Gasteiger partial charge in [-0.3, -0.25) is 14.4 Å². The van der Waals surface area contributed by atoms with Crippen LogP contribution >= 0.6 is 0 Å². The summed E-state index contributed by atoms with van der Waals surface area (Å²) in [7, 11) is 0. The molecule has 27 heavy (non-hydrogen) atoms. The zero-order valence-corrected chi connectivity index (χ0v) is 18.1. The molecule has 0 aliphatic carbocycles. The van der Waals surface area contributed by atoms with Crippen LogP contribution in [0.5, 0.6) is 0 Å². The maximum Gasteiger partial charge on any atom is 0.160 e. The van der Waals surface area contributed by atoms with Crippen molar-refractivity contribution in [3.63, 3.8) is 0 Å². The van der Waals surface area contributed by atoms with Crippen molar-refractivity contribution in [1.29, 1.82) is 0 Å². The second-order valence-electron chi connectivity index (χ2n) is 7.54. The van der Waals surface area contributed by atoms with Crippen molar-refractivity contribution in [2.45, 2.75) is 99.3 Å². The Labute approximate surface area is 164 Å². The SMILES string of the molecule is CCCCc1c(CCCC)c(C(C)=O)c(C(C)=O)c(CCCC)c1C(C)=O. The van der Waals surface area contributed by atoms with Gasteiger partial charge in [-0.15, -0.1) is 0 Å². The maximum atomic E-state index is 12.7. The monoisotopic (exact) mass is 372 g/mol. The van der Waals surface area contributed by atoms with E-state index in [2.05, 4.69) is 20.8 Å². The fourth-order valence-corrected chi connectivity index (χ4v) is 3.98. The summed E-state index contributed by atoms with van der Waals surface area (Å²) in [5.41, 5.74) is 4.60. The van der Waals surface area contributed by atoms with Gasteiger partial charge in [0.05, 0.1) is 0 Å². The molecule has 3 heteroatoms. The van der Waals surface area contributed by atoms with Crippen LogP contribution in [-0.2, 0) is 19.3 Å². The van der Waals surface area contributed by atoms with Crippen molar-refractivity contribution in [3.8, 4) is 0 Å². The van der Waals surface area contributed by atoms with Crippen molar-refractivity contribution >= 4 is 17.3 Å². The van der Waals surface area contributed by atoms with E-state index in [-0.39, 0.29) is 17.3 Å². The lowest BCUT2D eigenvalue weighted by atomic mass is 9.78. The molecule has 1 aromatic carbocycles. The molecular formula is C24H36O3. The molecule has 0 aromatic heterocycles. The van der Waals surface area contributed by atoms with Crippen molar-refractivity contribution in [2.24, 2.45) is 0 Å². The first-order chi connectivity index (χ1) is 12.8. The molecule has 0 bridgehead atoms. The quantitative estimate of drug-likeness (QED) is 0.403. The summed E-state index contributed by atoms with van der Waals surface area (Å²) >= 11 is 0. The number of rotatable bonds is 12. The van der Waals surface area contributed by atoms with E-state index in [0.717, 1.165) is 73.6 Å². The summed E-state index contributed by atoms with van der Waals surface area (Å²) in [6, 6.07) is 0. The second-order valence-corrected chi connectivity index (χ2v) is 7.54. The Balaban J connectivity index is 3.99. The molecule has 0 atom stereocenters. The first-order valence-electron chi connectivity index (χ1n) is 10.5. The first kappa shape index (κ1) is 23.3. The van der Waals surface area contributed by atoms with Gasteiger partial charge in [0.25, 0.3) is 0 Å². The predicted octanol–water partition coefficient (Wildman–Crippen LogP) is 6.32. The minimum atomic E-state index is -0.103. The molecule has 1 aromatic rings. The first-order valence-corrected chi connectivity index (χ1v) is 10.5. The van der Waals surface area contributed by atoms with Gasteiger partial charge in [0.1, 0.15) is 0 Å². The molecule has 0 fully saturated rings. The Hall–Kier alpha value is -1.77. The number of Topliss-reactive ketones (excluding diaryl/α,β-unsaturated/α-hetero) is 3. The van der Waals surface area contributed by atoms with E-state index in [1.165, 1.54) is 6.92 Å². The number of unbranched alkanes of at least 4 members (excludes halogenated alkanes) is 3. The van der Waals surface area contributed by atoms with E-state index in [9.17, 15) is 14.4 Å². The van der Waals surface area contributed by atoms with Crippen LogP contribution in [0.1, 0.15) is 128 Å². The topological polar surface area (TPSA) is 51.2 Å². The van der Waals surface area contributed by atoms with Crippen LogP contribution in [0.15, 0.2) is 0 Å². The summed E-state index contributed by atoms with van der Waals surface area (Å²) in [4.78, 5) is 38.0. The minimum Gasteiger partial charge on any atom is -0.294 e. The van der Waals surface area contributed by atoms with E-state index in [1.54, 1.807) is 13.8 Å². The van der Waals surface area contributed by atoms with E-state index >= 15 is 0 Å². The Kier molecular flexibility index (Phi) is 9.62. The number of carbonyl (C=O) groups is 3. The molecule has 0 N–H and O–H groups in total. The molecular weight excluding hydrogens is 336 g/mol. The van der Waals surface area contributed by atoms with Crippen molar-refractivity contribution in [1.82, 2.24) is 0 Å². The van der Waals surface area contributed by atoms with E-state index in [0.29, 0.717) is 17.5 Å². The zero-order chi connectivity index (χ0) is 20.6. The lowest BCUT2D eigenvalue weighted by molar-refractivity contribution is 0.0976. The van der Waals surface area contributed by atoms with Gasteiger partial charge < -0.3 is 0 Å². The molecule has 0 aliphatic rings. The lowest BCUT2D eigenvalue weighted by Gasteiger charge is -2.24. The predicted molar refractivity (Wildman–Crippen MR) is 112 cm³/mol. The third-order valence-corrected chi connectivity index (χ3v) is 5.22. The van der Waals surface area contributed by atoms with E-state index < -0.39 is 0 Å². The van der Waals surface area contributed by atoms with Gasteiger partial charge in [-0.25, -0.2) is 0 Å². The van der Waals surface area contributed by atoms with Crippen LogP contribution in [0.4, 0.5) is 0 Å². The summed E-state index contributed by atoms with van der Waals surface area (Å²) in [5.74, 6) is -0.145. The van der Waals surface area contributed by atoms with Gasteiger partial charge >= 0.3 is 0 Å². The number of benzene rings is 1. The van der Waals surface area contributed by atoms with Crippen molar-refractivity contribution in [3.05, 3.63) is 33.4 Å². The van der Waals surface area contributed by atoms with Crippen LogP contribution in [0.25, 0.3) is 0 Å². The standard InChI is InChI=1S/C24H36O3/c1-7-10-13-19-20(14-11-8-2)23(17(5)26)24(18(6)27)21(15-12-9-3)22(19)16(4)25/h7-15H2,1-6H3. The van der Waals surface area contributed by atoms with Gasteiger partial charge in [0, 0.05) is 16.7 Å². The van der Waals surface area contributed by atoms with Crippen molar-refractivity contribution < 1.29 is 14.4 Å². The highest BCUT2D eigenvalue weighted by molar-refractivity contribution is 6.12. The average Bonchev–Trinajstić information content (AvgIpc) is 2.61. The molecule has 0 unspecified atom stereocenters. The molecule has 0 radical (unpaired) electrons. The second kappa shape index (κ2) is 11.2. The molecule has 0 amide bonds. The van der Waals surface area contributed by atoms with Crippen LogP contribution in [0, 0.1) is 0 Å². The maximum absolute atomic E-state index is 12.7. The molecule has 0 spiro atoms. The summed E-state index contributed by atoms with van der Waals surface area (Å²) in [6.45, 7) is 11.0. The Morgan fingerprint density at radius 1 is 0.519 bits per heavy atom. The normalized spacial score (nSPS) is 10.9. The molecule has 0 saturated carbocycles. The molecule has 3 nitrogen and oxygen atoms in total. The number of hydrogen-bond donors (Lipinski definition) is 0. The molecule has 1 rings (SSSR count). The zero-order valence-electron chi connectivity index (χ0n) is 18.1. The Morgan fingerprint density at radius 3 is 1.15 bits per heavy atom. The number of ketones is 3. The highest BCUT2D eigenvalue weighted by Gasteiger charge is 2.28. The Morgan fingerprint density at radius 2 is 0.815 bits per heavy atom. The van der Waals surface area contributed by atoms with E-state index in [4.69, 9.17) is 0 Å². The molecule has 150 valence electrons. The molecule has 0 aliphatic heterocycles. The fourth-order valence-electron chi connectivity index (χ4n) is 3.98. The minimum absolute atomic E-state index is 0.0163. The van der Waals surface area contributed by atoms with Gasteiger partial charge in [-0.05, 0) is 76.0 Å². The van der Waals surface area contributed by atoms with E-state index in [1.807, 2.05) is 0 Å². The summed E-state index contributed by atoms with van der Waals surface area (Å²) < 4.78 is 0. The highest BCUT2D eigenvalue weighted by atomic mass is 16.1. The summed E-state index contributed by atoms with van der Waals surface area (Å²) in [6.07, 6.45) is 8.05. The Bertz CT molecular complexity index is 698. The van der Waals surface area contributed by atoms with Gasteiger partial charge in [0.15, 0.2) is 17.3 Å². The number of carbonyl (C=O) groups excluding carboxylic acids is 3. The van der Waals surface area contributed by atoms with Crippen LogP contribution in [0.2, 0.25) is 0 Å².